The maximum absolute atomic E-state index is 13.4. The molecule has 1 aliphatic rings. The van der Waals surface area contributed by atoms with Crippen LogP contribution >= 0.6 is 11.3 Å². The molecule has 1 unspecified atom stereocenters. The largest absolute Gasteiger partial charge is 0.450 e. The predicted molar refractivity (Wildman–Crippen MR) is 112 cm³/mol. The van der Waals surface area contributed by atoms with Gasteiger partial charge >= 0.3 is 0 Å². The zero-order chi connectivity index (χ0) is 19.8. The molecule has 0 bridgehead atoms. The van der Waals surface area contributed by atoms with Crippen molar-refractivity contribution in [1.29, 1.82) is 0 Å². The smallest absolute Gasteiger partial charge is 0.290 e. The summed E-state index contributed by atoms with van der Waals surface area (Å²) in [4.78, 5) is 31.7. The average Bonchev–Trinajstić information content (AvgIpc) is 3.31. The van der Waals surface area contributed by atoms with Crippen molar-refractivity contribution in [3.63, 3.8) is 0 Å². The maximum Gasteiger partial charge on any atom is 0.290 e. The SMILES string of the molecule is CCN(CC)CCN1C(=O)c2oc3ccc(C)cc3c(=O)c2C1c1cccs1. The number of aryl methyl sites for hydroxylation is 1. The third-order valence-electron chi connectivity index (χ3n) is 5.49. The molecule has 28 heavy (non-hydrogen) atoms. The second-order valence-corrected chi connectivity index (χ2v) is 8.10. The summed E-state index contributed by atoms with van der Waals surface area (Å²) in [7, 11) is 0. The van der Waals surface area contributed by atoms with Gasteiger partial charge in [-0.3, -0.25) is 9.59 Å². The monoisotopic (exact) mass is 396 g/mol. The number of hydrogen-bond donors (Lipinski definition) is 0. The molecule has 0 spiro atoms. The minimum absolute atomic E-state index is 0.1000. The number of fused-ring (bicyclic) bond motifs is 2. The lowest BCUT2D eigenvalue weighted by Crippen LogP contribution is -2.37. The van der Waals surface area contributed by atoms with Crippen LogP contribution in [0.25, 0.3) is 11.0 Å². The third kappa shape index (κ3) is 3.06. The molecule has 1 atom stereocenters. The summed E-state index contributed by atoms with van der Waals surface area (Å²) in [6.07, 6.45) is 0. The van der Waals surface area contributed by atoms with Gasteiger partial charge < -0.3 is 14.2 Å². The molecule has 1 aromatic carbocycles. The Bertz CT molecular complexity index is 1070. The Kier molecular flexibility index (Phi) is 5.08. The number of likely N-dealkylation sites (N-methyl/N-ethyl adjacent to an activating group) is 1. The molecule has 4 rings (SSSR count). The van der Waals surface area contributed by atoms with Gasteiger partial charge in [-0.2, -0.15) is 0 Å². The first-order valence-corrected chi connectivity index (χ1v) is 10.6. The van der Waals surface area contributed by atoms with E-state index in [0.717, 1.165) is 30.1 Å². The number of thiophene rings is 1. The van der Waals surface area contributed by atoms with Crippen molar-refractivity contribution in [1.82, 2.24) is 9.80 Å². The number of carbonyl (C=O) groups excluding carboxylic acids is 1. The Hall–Kier alpha value is -2.44. The van der Waals surface area contributed by atoms with Crippen LogP contribution < -0.4 is 5.43 Å². The van der Waals surface area contributed by atoms with Crippen LogP contribution in [0.5, 0.6) is 0 Å². The Labute approximate surface area is 168 Å². The highest BCUT2D eigenvalue weighted by Crippen LogP contribution is 2.39. The summed E-state index contributed by atoms with van der Waals surface area (Å²) in [5.41, 5.74) is 1.84. The molecular weight excluding hydrogens is 372 g/mol. The van der Waals surface area contributed by atoms with Crippen LogP contribution in [0.15, 0.2) is 44.9 Å². The molecule has 3 heterocycles. The molecule has 0 radical (unpaired) electrons. The van der Waals surface area contributed by atoms with Crippen molar-refractivity contribution in [2.75, 3.05) is 26.2 Å². The van der Waals surface area contributed by atoms with Gasteiger partial charge in [-0.15, -0.1) is 11.3 Å². The first-order valence-electron chi connectivity index (χ1n) is 9.69. The van der Waals surface area contributed by atoms with E-state index in [1.807, 2.05) is 36.6 Å². The summed E-state index contributed by atoms with van der Waals surface area (Å²) < 4.78 is 5.97. The average molecular weight is 397 g/mol. The van der Waals surface area contributed by atoms with Gasteiger partial charge in [0.1, 0.15) is 5.58 Å². The van der Waals surface area contributed by atoms with E-state index in [-0.39, 0.29) is 23.1 Å². The molecule has 1 amide bonds. The van der Waals surface area contributed by atoms with E-state index in [9.17, 15) is 9.59 Å². The summed E-state index contributed by atoms with van der Waals surface area (Å²) in [5.74, 6) is -0.000527. The fourth-order valence-corrected chi connectivity index (χ4v) is 4.74. The number of carbonyl (C=O) groups is 1. The van der Waals surface area contributed by atoms with Gasteiger partial charge in [0, 0.05) is 18.0 Å². The van der Waals surface area contributed by atoms with Crippen molar-refractivity contribution in [3.05, 3.63) is 67.7 Å². The maximum atomic E-state index is 13.4. The van der Waals surface area contributed by atoms with Gasteiger partial charge in [0.2, 0.25) is 5.76 Å². The molecule has 0 aliphatic carbocycles. The van der Waals surface area contributed by atoms with Gasteiger partial charge in [-0.05, 0) is 43.6 Å². The van der Waals surface area contributed by atoms with Crippen molar-refractivity contribution < 1.29 is 9.21 Å². The highest BCUT2D eigenvalue weighted by Gasteiger charge is 2.43. The Morgan fingerprint density at radius 3 is 2.64 bits per heavy atom. The molecule has 1 aliphatic heterocycles. The number of hydrogen-bond acceptors (Lipinski definition) is 5. The summed E-state index contributed by atoms with van der Waals surface area (Å²) in [5, 5.41) is 2.52. The first kappa shape index (κ1) is 18.9. The number of benzene rings is 1. The quantitative estimate of drug-likeness (QED) is 0.631. The van der Waals surface area contributed by atoms with E-state index < -0.39 is 0 Å². The number of nitrogens with zero attached hydrogens (tertiary/aromatic N) is 2. The molecule has 0 saturated carbocycles. The van der Waals surface area contributed by atoms with E-state index in [0.29, 0.717) is 23.1 Å². The van der Waals surface area contributed by atoms with Crippen LogP contribution in [0.3, 0.4) is 0 Å². The van der Waals surface area contributed by atoms with Crippen LogP contribution in [0.2, 0.25) is 0 Å². The van der Waals surface area contributed by atoms with Gasteiger partial charge in [0.25, 0.3) is 5.91 Å². The molecule has 2 aromatic heterocycles. The zero-order valence-corrected chi connectivity index (χ0v) is 17.2. The van der Waals surface area contributed by atoms with Crippen molar-refractivity contribution in [2.45, 2.75) is 26.8 Å². The van der Waals surface area contributed by atoms with Gasteiger partial charge in [0.15, 0.2) is 5.43 Å². The Morgan fingerprint density at radius 2 is 1.96 bits per heavy atom. The van der Waals surface area contributed by atoms with Crippen LogP contribution in [-0.2, 0) is 0 Å². The molecule has 5 nitrogen and oxygen atoms in total. The fourth-order valence-electron chi connectivity index (χ4n) is 3.90. The lowest BCUT2D eigenvalue weighted by molar-refractivity contribution is 0.0710. The first-order chi connectivity index (χ1) is 13.5. The molecule has 0 saturated heterocycles. The van der Waals surface area contributed by atoms with E-state index >= 15 is 0 Å². The van der Waals surface area contributed by atoms with Gasteiger partial charge in [-0.1, -0.05) is 31.5 Å². The van der Waals surface area contributed by atoms with E-state index in [4.69, 9.17) is 4.42 Å². The highest BCUT2D eigenvalue weighted by atomic mass is 32.1. The van der Waals surface area contributed by atoms with E-state index in [1.54, 1.807) is 22.3 Å². The van der Waals surface area contributed by atoms with Crippen molar-refractivity contribution >= 4 is 28.2 Å². The van der Waals surface area contributed by atoms with Crippen LogP contribution in [-0.4, -0.2) is 41.9 Å². The Balaban J connectivity index is 1.85. The highest BCUT2D eigenvalue weighted by molar-refractivity contribution is 7.10. The number of rotatable bonds is 6. The molecular formula is C22H24N2O3S. The normalized spacial score (nSPS) is 16.4. The molecule has 0 fully saturated rings. The van der Waals surface area contributed by atoms with Crippen molar-refractivity contribution in [2.24, 2.45) is 0 Å². The Morgan fingerprint density at radius 1 is 1.18 bits per heavy atom. The van der Waals surface area contributed by atoms with Crippen LogP contribution in [0, 0.1) is 6.92 Å². The number of amides is 1. The van der Waals surface area contributed by atoms with Gasteiger partial charge in [0.05, 0.1) is 17.0 Å². The van der Waals surface area contributed by atoms with Crippen LogP contribution in [0.1, 0.15) is 46.4 Å². The lowest BCUT2D eigenvalue weighted by Gasteiger charge is -2.27. The van der Waals surface area contributed by atoms with Crippen LogP contribution in [0.4, 0.5) is 0 Å². The molecule has 3 aromatic rings. The standard InChI is InChI=1S/C22H24N2O3S/c1-4-23(5-2)10-11-24-19(17-7-6-12-28-17)18-20(25)15-13-14(3)8-9-16(15)27-21(18)22(24)26/h6-9,12-13,19H,4-5,10-11H2,1-3H3. The van der Waals surface area contributed by atoms with E-state index in [2.05, 4.69) is 18.7 Å². The summed E-state index contributed by atoms with van der Waals surface area (Å²) in [6.45, 7) is 9.35. The summed E-state index contributed by atoms with van der Waals surface area (Å²) >= 11 is 1.56. The topological polar surface area (TPSA) is 53.8 Å². The minimum atomic E-state index is -0.376. The zero-order valence-electron chi connectivity index (χ0n) is 16.4. The van der Waals surface area contributed by atoms with Crippen molar-refractivity contribution in [3.8, 4) is 0 Å². The van der Waals surface area contributed by atoms with E-state index in [1.165, 1.54) is 0 Å². The molecule has 146 valence electrons. The predicted octanol–water partition coefficient (Wildman–Crippen LogP) is 4.05. The lowest BCUT2D eigenvalue weighted by atomic mass is 10.0. The minimum Gasteiger partial charge on any atom is -0.450 e. The molecule has 0 N–H and O–H groups in total. The fraction of sp³-hybridized carbons (Fsp3) is 0.364. The second-order valence-electron chi connectivity index (χ2n) is 7.12. The third-order valence-corrected chi connectivity index (χ3v) is 6.41. The van der Waals surface area contributed by atoms with Gasteiger partial charge in [-0.25, -0.2) is 0 Å². The second kappa shape index (κ2) is 7.53. The molecule has 6 heteroatoms. The summed E-state index contributed by atoms with van der Waals surface area (Å²) in [6, 6.07) is 9.08.